The van der Waals surface area contributed by atoms with Crippen LogP contribution in [0, 0.1) is 5.41 Å². The lowest BCUT2D eigenvalue weighted by molar-refractivity contribution is -0.130. The third-order valence-electron chi connectivity index (χ3n) is 3.97. The lowest BCUT2D eigenvalue weighted by Crippen LogP contribution is -2.43. The van der Waals surface area contributed by atoms with Crippen LogP contribution in [0.5, 0.6) is 0 Å². The number of hydrogen-bond acceptors (Lipinski definition) is 2. The number of rotatable bonds is 3. The van der Waals surface area contributed by atoms with E-state index in [1.807, 2.05) is 29.2 Å². The van der Waals surface area contributed by atoms with Crippen molar-refractivity contribution in [1.82, 2.24) is 4.90 Å². The summed E-state index contributed by atoms with van der Waals surface area (Å²) in [6, 6.07) is 7.67. The summed E-state index contributed by atoms with van der Waals surface area (Å²) in [5.74, 6) is 0.807. The molecule has 1 amide bonds. The minimum atomic E-state index is -0.975. The first kappa shape index (κ1) is 15.7. The number of amides is 1. The van der Waals surface area contributed by atoms with Crippen LogP contribution in [0.2, 0.25) is 0 Å². The monoisotopic (exact) mass is 357 g/mol. The Morgan fingerprint density at radius 1 is 1.30 bits per heavy atom. The van der Waals surface area contributed by atoms with Crippen LogP contribution in [0.25, 0.3) is 0 Å². The second-order valence-electron chi connectivity index (χ2n) is 5.76. The van der Waals surface area contributed by atoms with Gasteiger partial charge in [0, 0.05) is 35.1 Å². The molecule has 1 aliphatic rings. The smallest absolute Gasteiger partial charge is 0.219 e. The lowest BCUT2D eigenvalue weighted by Gasteiger charge is -2.38. The Morgan fingerprint density at radius 2 is 1.85 bits per heavy atom. The lowest BCUT2D eigenvalue weighted by atomic mass is 9.82. The number of benzene rings is 1. The second kappa shape index (κ2) is 6.39. The number of halogens is 1. The standard InChI is InChI=1S/C15H20BrNO2S/c1-12(18)17-9-7-15(2,8-10-17)11-20(19)14-5-3-13(16)4-6-14/h3-6H,7-11H2,1-2H3. The third kappa shape index (κ3) is 3.92. The topological polar surface area (TPSA) is 37.4 Å². The molecule has 0 bridgehead atoms. The van der Waals surface area contributed by atoms with Crippen LogP contribution >= 0.6 is 15.9 Å². The Balaban J connectivity index is 1.97. The molecule has 0 radical (unpaired) electrons. The van der Waals surface area contributed by atoms with Gasteiger partial charge in [0.05, 0.1) is 10.8 Å². The zero-order valence-electron chi connectivity index (χ0n) is 11.9. The van der Waals surface area contributed by atoms with Crippen molar-refractivity contribution in [3.63, 3.8) is 0 Å². The molecule has 0 aromatic heterocycles. The third-order valence-corrected chi connectivity index (χ3v) is 6.26. The zero-order valence-corrected chi connectivity index (χ0v) is 14.3. The minimum Gasteiger partial charge on any atom is -0.343 e. The Bertz CT molecular complexity index is 507. The van der Waals surface area contributed by atoms with Crippen LogP contribution in [-0.2, 0) is 15.6 Å². The summed E-state index contributed by atoms with van der Waals surface area (Å²) in [5, 5.41) is 0. The first-order valence-electron chi connectivity index (χ1n) is 6.79. The van der Waals surface area contributed by atoms with Crippen molar-refractivity contribution in [2.75, 3.05) is 18.8 Å². The number of carbonyl (C=O) groups is 1. The van der Waals surface area contributed by atoms with E-state index in [-0.39, 0.29) is 11.3 Å². The maximum Gasteiger partial charge on any atom is 0.219 e. The minimum absolute atomic E-state index is 0.0594. The van der Waals surface area contributed by atoms with E-state index < -0.39 is 10.8 Å². The van der Waals surface area contributed by atoms with Gasteiger partial charge in [-0.3, -0.25) is 9.00 Å². The van der Waals surface area contributed by atoms with Crippen molar-refractivity contribution in [1.29, 1.82) is 0 Å². The zero-order chi connectivity index (χ0) is 14.8. The average Bonchev–Trinajstić information content (AvgIpc) is 2.39. The summed E-state index contributed by atoms with van der Waals surface area (Å²) in [6.45, 7) is 5.36. The molecule has 1 heterocycles. The fraction of sp³-hybridized carbons (Fsp3) is 0.533. The van der Waals surface area contributed by atoms with Crippen LogP contribution in [0.4, 0.5) is 0 Å². The van der Waals surface area contributed by atoms with Gasteiger partial charge >= 0.3 is 0 Å². The van der Waals surface area contributed by atoms with Gasteiger partial charge in [-0.2, -0.15) is 0 Å². The van der Waals surface area contributed by atoms with Crippen LogP contribution in [0.15, 0.2) is 33.6 Å². The molecule has 20 heavy (non-hydrogen) atoms. The van der Waals surface area contributed by atoms with E-state index in [1.54, 1.807) is 6.92 Å². The quantitative estimate of drug-likeness (QED) is 0.832. The van der Waals surface area contributed by atoms with E-state index in [1.165, 1.54) is 0 Å². The van der Waals surface area contributed by atoms with Crippen LogP contribution < -0.4 is 0 Å². The first-order chi connectivity index (χ1) is 9.39. The van der Waals surface area contributed by atoms with E-state index in [0.717, 1.165) is 35.3 Å². The van der Waals surface area contributed by atoms with Gasteiger partial charge in [-0.1, -0.05) is 22.9 Å². The van der Waals surface area contributed by atoms with Gasteiger partial charge in [0.15, 0.2) is 0 Å². The van der Waals surface area contributed by atoms with Crippen LogP contribution in [0.3, 0.4) is 0 Å². The Morgan fingerprint density at radius 3 is 2.35 bits per heavy atom. The molecule has 0 saturated carbocycles. The van der Waals surface area contributed by atoms with Crippen molar-refractivity contribution in [2.24, 2.45) is 5.41 Å². The average molecular weight is 358 g/mol. The molecule has 1 unspecified atom stereocenters. The molecule has 110 valence electrons. The SMILES string of the molecule is CC(=O)N1CCC(C)(CS(=O)c2ccc(Br)cc2)CC1. The Hall–Kier alpha value is -0.680. The normalized spacial score (nSPS) is 19.6. The molecule has 5 heteroatoms. The molecule has 1 aromatic rings. The van der Waals surface area contributed by atoms with Gasteiger partial charge < -0.3 is 4.90 Å². The summed E-state index contributed by atoms with van der Waals surface area (Å²) < 4.78 is 13.5. The maximum atomic E-state index is 12.5. The van der Waals surface area contributed by atoms with Gasteiger partial charge in [0.2, 0.25) is 5.91 Å². The molecule has 0 spiro atoms. The molecule has 2 rings (SSSR count). The van der Waals surface area contributed by atoms with E-state index in [2.05, 4.69) is 22.9 Å². The summed E-state index contributed by atoms with van der Waals surface area (Å²) in [5.41, 5.74) is 0.0594. The molecule has 1 saturated heterocycles. The van der Waals surface area contributed by atoms with Gasteiger partial charge in [-0.15, -0.1) is 0 Å². The highest BCUT2D eigenvalue weighted by molar-refractivity contribution is 9.10. The Labute approximate surface area is 131 Å². The van der Waals surface area contributed by atoms with Crippen molar-refractivity contribution in [2.45, 2.75) is 31.6 Å². The number of nitrogens with zero attached hydrogens (tertiary/aromatic N) is 1. The largest absolute Gasteiger partial charge is 0.343 e. The van der Waals surface area contributed by atoms with Gasteiger partial charge in [-0.25, -0.2) is 0 Å². The van der Waals surface area contributed by atoms with Crippen molar-refractivity contribution >= 4 is 32.6 Å². The molecular formula is C15H20BrNO2S. The highest BCUT2D eigenvalue weighted by Gasteiger charge is 2.32. The molecule has 0 aliphatic carbocycles. The van der Waals surface area contributed by atoms with Gasteiger partial charge in [-0.05, 0) is 42.5 Å². The van der Waals surface area contributed by atoms with Crippen LogP contribution in [0.1, 0.15) is 26.7 Å². The van der Waals surface area contributed by atoms with Gasteiger partial charge in [0.1, 0.15) is 0 Å². The van der Waals surface area contributed by atoms with Crippen molar-refractivity contribution in [3.05, 3.63) is 28.7 Å². The van der Waals surface area contributed by atoms with Crippen molar-refractivity contribution < 1.29 is 9.00 Å². The molecule has 0 N–H and O–H groups in total. The van der Waals surface area contributed by atoms with E-state index in [9.17, 15) is 9.00 Å². The molecule has 1 fully saturated rings. The predicted octanol–water partition coefficient (Wildman–Crippen LogP) is 3.21. The molecule has 1 atom stereocenters. The highest BCUT2D eigenvalue weighted by atomic mass is 79.9. The molecule has 1 aromatic carbocycles. The molecule has 1 aliphatic heterocycles. The van der Waals surface area contributed by atoms with E-state index >= 15 is 0 Å². The maximum absolute atomic E-state index is 12.5. The summed E-state index contributed by atoms with van der Waals surface area (Å²) in [4.78, 5) is 14.1. The fourth-order valence-corrected chi connectivity index (χ4v) is 4.28. The van der Waals surface area contributed by atoms with Gasteiger partial charge in [0.25, 0.3) is 0 Å². The number of hydrogen-bond donors (Lipinski definition) is 0. The molecule has 3 nitrogen and oxygen atoms in total. The van der Waals surface area contributed by atoms with Crippen molar-refractivity contribution in [3.8, 4) is 0 Å². The number of piperidine rings is 1. The summed E-state index contributed by atoms with van der Waals surface area (Å²) >= 11 is 3.39. The number of likely N-dealkylation sites (tertiary alicyclic amines) is 1. The van der Waals surface area contributed by atoms with E-state index in [4.69, 9.17) is 0 Å². The first-order valence-corrected chi connectivity index (χ1v) is 8.90. The summed E-state index contributed by atoms with van der Waals surface area (Å²) in [6.07, 6.45) is 1.85. The predicted molar refractivity (Wildman–Crippen MR) is 85.0 cm³/mol. The fourth-order valence-electron chi connectivity index (χ4n) is 2.49. The Kier molecular flexibility index (Phi) is 5.02. The second-order valence-corrected chi connectivity index (χ2v) is 8.13. The highest BCUT2D eigenvalue weighted by Crippen LogP contribution is 2.33. The summed E-state index contributed by atoms with van der Waals surface area (Å²) in [7, 11) is -0.975. The van der Waals surface area contributed by atoms with Crippen LogP contribution in [-0.4, -0.2) is 33.9 Å². The molecular weight excluding hydrogens is 338 g/mol. The van der Waals surface area contributed by atoms with E-state index in [0.29, 0.717) is 5.75 Å². The number of carbonyl (C=O) groups excluding carboxylic acids is 1.